The standard InChI is InChI=1S/C19H19F2NO3/c1-19(2,3)25-18(24)22-14-6-4-5-12(10-14)9-13-7-8-16(20)15(11-23)17(13)21/h4-8,10-11H,9H2,1-3H3,(H,22,24). The van der Waals surface area contributed by atoms with E-state index in [9.17, 15) is 18.4 Å². The third kappa shape index (κ3) is 5.11. The van der Waals surface area contributed by atoms with Gasteiger partial charge in [0.15, 0.2) is 6.29 Å². The molecule has 0 spiro atoms. The highest BCUT2D eigenvalue weighted by Gasteiger charge is 2.17. The highest BCUT2D eigenvalue weighted by atomic mass is 19.1. The van der Waals surface area contributed by atoms with E-state index < -0.39 is 28.9 Å². The Hall–Kier alpha value is -2.76. The van der Waals surface area contributed by atoms with Crippen LogP contribution in [0.4, 0.5) is 19.3 Å². The normalized spacial score (nSPS) is 11.1. The van der Waals surface area contributed by atoms with Gasteiger partial charge in [0.05, 0.1) is 5.56 Å². The number of amides is 1. The summed E-state index contributed by atoms with van der Waals surface area (Å²) in [5, 5.41) is 2.60. The van der Waals surface area contributed by atoms with Gasteiger partial charge in [-0.15, -0.1) is 0 Å². The van der Waals surface area contributed by atoms with Crippen molar-refractivity contribution in [2.75, 3.05) is 5.32 Å². The predicted molar refractivity (Wildman–Crippen MR) is 90.9 cm³/mol. The van der Waals surface area contributed by atoms with Crippen molar-refractivity contribution in [1.29, 1.82) is 0 Å². The Bertz CT molecular complexity index is 798. The van der Waals surface area contributed by atoms with Crippen LogP contribution >= 0.6 is 0 Å². The Morgan fingerprint density at radius 3 is 2.56 bits per heavy atom. The molecule has 0 bridgehead atoms. The molecule has 25 heavy (non-hydrogen) atoms. The van der Waals surface area contributed by atoms with Crippen LogP contribution in [-0.4, -0.2) is 18.0 Å². The first-order valence-electron chi connectivity index (χ1n) is 7.70. The molecule has 0 atom stereocenters. The summed E-state index contributed by atoms with van der Waals surface area (Å²) in [5.41, 5.74) is 0.170. The van der Waals surface area contributed by atoms with Gasteiger partial charge in [0.25, 0.3) is 0 Å². The van der Waals surface area contributed by atoms with Crippen LogP contribution in [0.25, 0.3) is 0 Å². The number of rotatable bonds is 4. The largest absolute Gasteiger partial charge is 0.444 e. The summed E-state index contributed by atoms with van der Waals surface area (Å²) in [5.74, 6) is -1.77. The van der Waals surface area contributed by atoms with Gasteiger partial charge in [-0.25, -0.2) is 13.6 Å². The Morgan fingerprint density at radius 1 is 1.20 bits per heavy atom. The third-order valence-electron chi connectivity index (χ3n) is 3.29. The molecule has 4 nitrogen and oxygen atoms in total. The van der Waals surface area contributed by atoms with Crippen LogP contribution in [-0.2, 0) is 11.2 Å². The highest BCUT2D eigenvalue weighted by molar-refractivity contribution is 5.85. The molecular formula is C19H19F2NO3. The third-order valence-corrected chi connectivity index (χ3v) is 3.29. The molecule has 6 heteroatoms. The van der Waals surface area contributed by atoms with Crippen molar-refractivity contribution in [2.45, 2.75) is 32.8 Å². The van der Waals surface area contributed by atoms with Crippen molar-refractivity contribution in [1.82, 2.24) is 0 Å². The predicted octanol–water partition coefficient (Wildman–Crippen LogP) is 4.72. The van der Waals surface area contributed by atoms with Crippen molar-refractivity contribution in [3.05, 3.63) is 64.7 Å². The molecule has 0 aliphatic heterocycles. The van der Waals surface area contributed by atoms with Gasteiger partial charge >= 0.3 is 6.09 Å². The quantitative estimate of drug-likeness (QED) is 0.815. The molecule has 0 aliphatic rings. The summed E-state index contributed by atoms with van der Waals surface area (Å²) >= 11 is 0. The minimum atomic E-state index is -0.892. The first-order valence-corrected chi connectivity index (χ1v) is 7.70. The van der Waals surface area contributed by atoms with E-state index in [2.05, 4.69) is 5.32 Å². The fourth-order valence-electron chi connectivity index (χ4n) is 2.26. The topological polar surface area (TPSA) is 55.4 Å². The van der Waals surface area contributed by atoms with E-state index in [0.717, 1.165) is 6.07 Å². The summed E-state index contributed by atoms with van der Waals surface area (Å²) in [6.45, 7) is 5.26. The van der Waals surface area contributed by atoms with Crippen molar-refractivity contribution >= 4 is 18.1 Å². The van der Waals surface area contributed by atoms with Crippen LogP contribution in [0.15, 0.2) is 36.4 Å². The smallest absolute Gasteiger partial charge is 0.412 e. The molecule has 0 fully saturated rings. The molecule has 0 aromatic heterocycles. The van der Waals surface area contributed by atoms with Gasteiger partial charge in [0, 0.05) is 12.1 Å². The van der Waals surface area contributed by atoms with Crippen LogP contribution in [0.2, 0.25) is 0 Å². The summed E-state index contributed by atoms with van der Waals surface area (Å²) < 4.78 is 32.7. The van der Waals surface area contributed by atoms with E-state index in [1.165, 1.54) is 6.07 Å². The van der Waals surface area contributed by atoms with E-state index >= 15 is 0 Å². The molecule has 2 aromatic rings. The first kappa shape index (κ1) is 18.6. The highest BCUT2D eigenvalue weighted by Crippen LogP contribution is 2.21. The monoisotopic (exact) mass is 347 g/mol. The maximum absolute atomic E-state index is 14.2. The van der Waals surface area contributed by atoms with E-state index in [4.69, 9.17) is 4.74 Å². The molecule has 2 aromatic carbocycles. The van der Waals surface area contributed by atoms with Crippen molar-refractivity contribution in [3.63, 3.8) is 0 Å². The summed E-state index contributed by atoms with van der Waals surface area (Å²) in [6, 6.07) is 9.13. The molecule has 1 amide bonds. The van der Waals surface area contributed by atoms with Gasteiger partial charge in [-0.1, -0.05) is 18.2 Å². The Labute approximate surface area is 144 Å². The van der Waals surface area contributed by atoms with E-state index in [0.29, 0.717) is 11.3 Å². The summed E-state index contributed by atoms with van der Waals surface area (Å²) in [4.78, 5) is 22.6. The zero-order valence-electron chi connectivity index (χ0n) is 14.2. The van der Waals surface area contributed by atoms with Gasteiger partial charge in [0.1, 0.15) is 17.2 Å². The number of ether oxygens (including phenoxy) is 1. The van der Waals surface area contributed by atoms with E-state index in [1.54, 1.807) is 45.0 Å². The Kier molecular flexibility index (Phi) is 5.51. The van der Waals surface area contributed by atoms with Gasteiger partial charge in [-0.3, -0.25) is 10.1 Å². The number of carbonyl (C=O) groups excluding carboxylic acids is 2. The van der Waals surface area contributed by atoms with Gasteiger partial charge < -0.3 is 4.74 Å². The molecule has 0 heterocycles. The lowest BCUT2D eigenvalue weighted by molar-refractivity contribution is 0.0636. The fraction of sp³-hybridized carbons (Fsp3) is 0.263. The summed E-state index contributed by atoms with van der Waals surface area (Å²) in [6.07, 6.45) is -0.285. The number of anilines is 1. The lowest BCUT2D eigenvalue weighted by Crippen LogP contribution is -2.27. The van der Waals surface area contributed by atoms with Crippen LogP contribution in [0.3, 0.4) is 0 Å². The minimum absolute atomic E-state index is 0.150. The van der Waals surface area contributed by atoms with Crippen LogP contribution in [0.1, 0.15) is 42.3 Å². The number of nitrogens with one attached hydrogen (secondary N) is 1. The first-order chi connectivity index (χ1) is 11.7. The average Bonchev–Trinajstić information content (AvgIpc) is 2.49. The lowest BCUT2D eigenvalue weighted by Gasteiger charge is -2.19. The fourth-order valence-corrected chi connectivity index (χ4v) is 2.26. The van der Waals surface area contributed by atoms with Gasteiger partial charge in [-0.05, 0) is 50.1 Å². The molecule has 0 aliphatic carbocycles. The van der Waals surface area contributed by atoms with Crippen molar-refractivity contribution in [2.24, 2.45) is 0 Å². The molecule has 132 valence electrons. The second-order valence-electron chi connectivity index (χ2n) is 6.56. The molecular weight excluding hydrogens is 328 g/mol. The van der Waals surface area contributed by atoms with Gasteiger partial charge in [0.2, 0.25) is 0 Å². The number of hydrogen-bond donors (Lipinski definition) is 1. The zero-order chi connectivity index (χ0) is 18.6. The number of carbonyl (C=O) groups is 2. The summed E-state index contributed by atoms with van der Waals surface area (Å²) in [7, 11) is 0. The zero-order valence-corrected chi connectivity index (χ0v) is 14.2. The van der Waals surface area contributed by atoms with Gasteiger partial charge in [-0.2, -0.15) is 0 Å². The number of halogens is 2. The minimum Gasteiger partial charge on any atom is -0.444 e. The molecule has 0 saturated carbocycles. The molecule has 0 saturated heterocycles. The lowest BCUT2D eigenvalue weighted by atomic mass is 10.0. The van der Waals surface area contributed by atoms with E-state index in [1.807, 2.05) is 0 Å². The number of benzene rings is 2. The SMILES string of the molecule is CC(C)(C)OC(=O)Nc1cccc(Cc2ccc(F)c(C=O)c2F)c1. The Balaban J connectivity index is 2.17. The number of hydrogen-bond acceptors (Lipinski definition) is 3. The second kappa shape index (κ2) is 7.42. The van der Waals surface area contributed by atoms with Crippen molar-refractivity contribution in [3.8, 4) is 0 Å². The molecule has 0 radical (unpaired) electrons. The number of aldehydes is 1. The van der Waals surface area contributed by atoms with Crippen LogP contribution < -0.4 is 5.32 Å². The Morgan fingerprint density at radius 2 is 1.92 bits per heavy atom. The molecule has 0 unspecified atom stereocenters. The van der Waals surface area contributed by atoms with Crippen LogP contribution in [0, 0.1) is 11.6 Å². The van der Waals surface area contributed by atoms with Crippen molar-refractivity contribution < 1.29 is 23.1 Å². The van der Waals surface area contributed by atoms with Crippen LogP contribution in [0.5, 0.6) is 0 Å². The maximum Gasteiger partial charge on any atom is 0.412 e. The second-order valence-corrected chi connectivity index (χ2v) is 6.56. The molecule has 2 rings (SSSR count). The average molecular weight is 347 g/mol. The van der Waals surface area contributed by atoms with E-state index in [-0.39, 0.29) is 18.3 Å². The maximum atomic E-state index is 14.2. The molecule has 1 N–H and O–H groups in total.